The number of hydrogen-bond acceptors (Lipinski definition) is 3. The standard InChI is InChI=1S/C23H36N4O2/c1-17-6-3-7-18(14-17)11-12-25-23(24-2)26-16-19-8-4-9-20(15-19)27-22(28)21-10-5-13-29-21/h4,8-9,15,17-18,21H,3,5-7,10-14,16H2,1-2H3,(H,27,28)(H2,24,25,26). The Balaban J connectivity index is 1.41. The van der Waals surface area contributed by atoms with Crippen LogP contribution in [0, 0.1) is 11.8 Å². The minimum absolute atomic E-state index is 0.0536. The van der Waals surface area contributed by atoms with Gasteiger partial charge in [-0.3, -0.25) is 9.79 Å². The highest BCUT2D eigenvalue weighted by Gasteiger charge is 2.23. The number of nitrogens with zero attached hydrogens (tertiary/aromatic N) is 1. The van der Waals surface area contributed by atoms with Crippen LogP contribution < -0.4 is 16.0 Å². The van der Waals surface area contributed by atoms with E-state index in [1.165, 1.54) is 32.1 Å². The third kappa shape index (κ3) is 7.03. The molecule has 160 valence electrons. The number of carbonyl (C=O) groups excluding carboxylic acids is 1. The number of carbonyl (C=O) groups is 1. The summed E-state index contributed by atoms with van der Waals surface area (Å²) in [6.45, 7) is 4.66. The number of anilines is 1. The van der Waals surface area contributed by atoms with Crippen molar-refractivity contribution in [2.24, 2.45) is 16.8 Å². The van der Waals surface area contributed by atoms with Crippen LogP contribution >= 0.6 is 0 Å². The van der Waals surface area contributed by atoms with E-state index in [4.69, 9.17) is 4.74 Å². The van der Waals surface area contributed by atoms with Gasteiger partial charge in [0.15, 0.2) is 5.96 Å². The molecule has 3 N–H and O–H groups in total. The third-order valence-corrected chi connectivity index (χ3v) is 5.99. The maximum absolute atomic E-state index is 12.2. The van der Waals surface area contributed by atoms with Crippen LogP contribution in [-0.4, -0.2) is 38.2 Å². The zero-order valence-electron chi connectivity index (χ0n) is 17.9. The first-order chi connectivity index (χ1) is 14.1. The Labute approximate surface area is 174 Å². The molecule has 1 aliphatic carbocycles. The number of rotatable bonds is 7. The van der Waals surface area contributed by atoms with Crippen LogP contribution in [0.3, 0.4) is 0 Å². The number of hydrogen-bond donors (Lipinski definition) is 3. The summed E-state index contributed by atoms with van der Waals surface area (Å²) in [5.41, 5.74) is 1.90. The second kappa shape index (κ2) is 11.2. The number of guanidine groups is 1. The van der Waals surface area contributed by atoms with E-state index in [1.54, 1.807) is 7.05 Å². The van der Waals surface area contributed by atoms with Crippen molar-refractivity contribution in [1.29, 1.82) is 0 Å². The minimum Gasteiger partial charge on any atom is -0.368 e. The van der Waals surface area contributed by atoms with Gasteiger partial charge in [0.25, 0.3) is 5.91 Å². The second-order valence-electron chi connectivity index (χ2n) is 8.47. The number of nitrogens with one attached hydrogen (secondary N) is 3. The Hall–Kier alpha value is -2.08. The normalized spacial score (nSPS) is 24.9. The van der Waals surface area contributed by atoms with Crippen molar-refractivity contribution >= 4 is 17.6 Å². The molecule has 1 saturated carbocycles. The van der Waals surface area contributed by atoms with Crippen molar-refractivity contribution < 1.29 is 9.53 Å². The highest BCUT2D eigenvalue weighted by atomic mass is 16.5. The quantitative estimate of drug-likeness (QED) is 0.482. The van der Waals surface area contributed by atoms with Crippen molar-refractivity contribution in [2.45, 2.75) is 64.5 Å². The summed E-state index contributed by atoms with van der Waals surface area (Å²) >= 11 is 0. The zero-order valence-corrected chi connectivity index (χ0v) is 17.9. The van der Waals surface area contributed by atoms with Crippen LogP contribution in [0.1, 0.15) is 57.4 Å². The summed E-state index contributed by atoms with van der Waals surface area (Å²) < 4.78 is 5.45. The topological polar surface area (TPSA) is 74.8 Å². The van der Waals surface area contributed by atoms with Crippen LogP contribution in [0.15, 0.2) is 29.3 Å². The molecule has 6 nitrogen and oxygen atoms in total. The molecule has 0 radical (unpaired) electrons. The Bertz CT molecular complexity index is 685. The van der Waals surface area contributed by atoms with E-state index in [2.05, 4.69) is 27.9 Å². The molecule has 2 aliphatic rings. The van der Waals surface area contributed by atoms with E-state index in [-0.39, 0.29) is 12.0 Å². The molecule has 2 fully saturated rings. The molecular formula is C23H36N4O2. The maximum atomic E-state index is 12.2. The van der Waals surface area contributed by atoms with Crippen molar-refractivity contribution in [3.8, 4) is 0 Å². The van der Waals surface area contributed by atoms with E-state index in [0.29, 0.717) is 13.2 Å². The molecule has 6 heteroatoms. The van der Waals surface area contributed by atoms with Crippen molar-refractivity contribution in [2.75, 3.05) is 25.5 Å². The Morgan fingerprint density at radius 1 is 1.21 bits per heavy atom. The number of amides is 1. The fourth-order valence-corrected chi connectivity index (χ4v) is 4.39. The zero-order chi connectivity index (χ0) is 20.5. The molecule has 1 heterocycles. The highest BCUT2D eigenvalue weighted by Crippen LogP contribution is 2.30. The number of ether oxygens (including phenoxy) is 1. The van der Waals surface area contributed by atoms with Gasteiger partial charge in [-0.05, 0) is 55.2 Å². The molecule has 1 aliphatic heterocycles. The van der Waals surface area contributed by atoms with Gasteiger partial charge in [-0.2, -0.15) is 0 Å². The van der Waals surface area contributed by atoms with Gasteiger partial charge in [0.05, 0.1) is 0 Å². The molecule has 1 aromatic rings. The van der Waals surface area contributed by atoms with Gasteiger partial charge in [0.1, 0.15) is 6.10 Å². The van der Waals surface area contributed by atoms with E-state index in [1.807, 2.05) is 24.3 Å². The number of benzene rings is 1. The van der Waals surface area contributed by atoms with Crippen LogP contribution in [0.4, 0.5) is 5.69 Å². The van der Waals surface area contributed by atoms with Gasteiger partial charge in [0.2, 0.25) is 0 Å². The van der Waals surface area contributed by atoms with Gasteiger partial charge in [-0.25, -0.2) is 0 Å². The lowest BCUT2D eigenvalue weighted by molar-refractivity contribution is -0.124. The third-order valence-electron chi connectivity index (χ3n) is 5.99. The molecule has 29 heavy (non-hydrogen) atoms. The predicted octanol–water partition coefficient (Wildman–Crippen LogP) is 3.69. The Kier molecular flexibility index (Phi) is 8.35. The first-order valence-electron chi connectivity index (χ1n) is 11.1. The van der Waals surface area contributed by atoms with Crippen molar-refractivity contribution in [3.63, 3.8) is 0 Å². The van der Waals surface area contributed by atoms with Gasteiger partial charge in [-0.15, -0.1) is 0 Å². The molecule has 1 aromatic carbocycles. The molecule has 0 aromatic heterocycles. The van der Waals surface area contributed by atoms with Crippen LogP contribution in [0.25, 0.3) is 0 Å². The van der Waals surface area contributed by atoms with Crippen LogP contribution in [0.2, 0.25) is 0 Å². The smallest absolute Gasteiger partial charge is 0.253 e. The van der Waals surface area contributed by atoms with Crippen molar-refractivity contribution in [1.82, 2.24) is 10.6 Å². The molecule has 3 rings (SSSR count). The van der Waals surface area contributed by atoms with E-state index in [0.717, 1.165) is 48.4 Å². The van der Waals surface area contributed by atoms with Crippen LogP contribution in [0.5, 0.6) is 0 Å². The summed E-state index contributed by atoms with van der Waals surface area (Å²) in [6.07, 6.45) is 8.13. The monoisotopic (exact) mass is 400 g/mol. The number of aliphatic imine (C=N–C) groups is 1. The van der Waals surface area contributed by atoms with E-state index in [9.17, 15) is 4.79 Å². The van der Waals surface area contributed by atoms with E-state index >= 15 is 0 Å². The van der Waals surface area contributed by atoms with Gasteiger partial charge in [0, 0.05) is 32.4 Å². The largest absolute Gasteiger partial charge is 0.368 e. The summed E-state index contributed by atoms with van der Waals surface area (Å²) in [6, 6.07) is 7.92. The lowest BCUT2D eigenvalue weighted by Gasteiger charge is -2.26. The summed E-state index contributed by atoms with van der Waals surface area (Å²) in [5.74, 6) is 2.48. The molecule has 3 unspecified atom stereocenters. The van der Waals surface area contributed by atoms with Gasteiger partial charge >= 0.3 is 0 Å². The maximum Gasteiger partial charge on any atom is 0.253 e. The molecule has 1 saturated heterocycles. The average molecular weight is 401 g/mol. The fourth-order valence-electron chi connectivity index (χ4n) is 4.39. The lowest BCUT2D eigenvalue weighted by atomic mass is 9.81. The van der Waals surface area contributed by atoms with E-state index < -0.39 is 0 Å². The fraction of sp³-hybridized carbons (Fsp3) is 0.652. The molecular weight excluding hydrogens is 364 g/mol. The van der Waals surface area contributed by atoms with Crippen LogP contribution in [-0.2, 0) is 16.1 Å². The summed E-state index contributed by atoms with van der Waals surface area (Å²) in [5, 5.41) is 9.77. The molecule has 0 bridgehead atoms. The average Bonchev–Trinajstić information content (AvgIpc) is 3.26. The first kappa shape index (κ1) is 21.6. The lowest BCUT2D eigenvalue weighted by Crippen LogP contribution is -2.38. The first-order valence-corrected chi connectivity index (χ1v) is 11.1. The summed E-state index contributed by atoms with van der Waals surface area (Å²) in [7, 11) is 1.80. The highest BCUT2D eigenvalue weighted by molar-refractivity contribution is 5.94. The Morgan fingerprint density at radius 3 is 2.86 bits per heavy atom. The minimum atomic E-state index is -0.313. The summed E-state index contributed by atoms with van der Waals surface area (Å²) in [4.78, 5) is 16.6. The Morgan fingerprint density at radius 2 is 2.10 bits per heavy atom. The molecule has 1 amide bonds. The second-order valence-corrected chi connectivity index (χ2v) is 8.47. The predicted molar refractivity (Wildman–Crippen MR) is 118 cm³/mol. The van der Waals surface area contributed by atoms with Gasteiger partial charge < -0.3 is 20.7 Å². The molecule has 0 spiro atoms. The van der Waals surface area contributed by atoms with Crippen molar-refractivity contribution in [3.05, 3.63) is 29.8 Å². The van der Waals surface area contributed by atoms with Gasteiger partial charge in [-0.1, -0.05) is 38.3 Å². The SMILES string of the molecule is CN=C(NCCC1CCCC(C)C1)NCc1cccc(NC(=O)C2CCCO2)c1. The molecule has 3 atom stereocenters.